The molecule has 2 fully saturated rings. The van der Waals surface area contributed by atoms with Crippen LogP contribution in [0.25, 0.3) is 0 Å². The van der Waals surface area contributed by atoms with E-state index in [0.29, 0.717) is 18.9 Å². The fraction of sp³-hybridized carbons (Fsp3) is 0.929. The molecule has 0 spiro atoms. The van der Waals surface area contributed by atoms with Crippen molar-refractivity contribution >= 4 is 15.7 Å². The lowest BCUT2D eigenvalue weighted by molar-refractivity contribution is -0.131. The van der Waals surface area contributed by atoms with Crippen LogP contribution in [0.5, 0.6) is 0 Å². The number of carbonyl (C=O) groups is 1. The molecule has 20 heavy (non-hydrogen) atoms. The topological polar surface area (TPSA) is 66.5 Å². The summed E-state index contributed by atoms with van der Waals surface area (Å²) in [5.74, 6) is 0.969. The molecule has 0 aromatic heterocycles. The highest BCUT2D eigenvalue weighted by Gasteiger charge is 2.27. The van der Waals surface area contributed by atoms with Crippen molar-refractivity contribution < 1.29 is 13.2 Å². The molecule has 1 saturated carbocycles. The Morgan fingerprint density at radius 3 is 2.60 bits per heavy atom. The molecule has 1 aliphatic carbocycles. The van der Waals surface area contributed by atoms with Crippen LogP contribution in [0.4, 0.5) is 0 Å². The van der Waals surface area contributed by atoms with E-state index in [0.717, 1.165) is 6.54 Å². The van der Waals surface area contributed by atoms with Crippen LogP contribution < -0.4 is 5.32 Å². The molecule has 116 valence electrons. The summed E-state index contributed by atoms with van der Waals surface area (Å²) < 4.78 is 23.1. The lowest BCUT2D eigenvalue weighted by Gasteiger charge is -2.29. The highest BCUT2D eigenvalue weighted by atomic mass is 32.2. The summed E-state index contributed by atoms with van der Waals surface area (Å²) in [4.78, 5) is 14.0. The van der Waals surface area contributed by atoms with Crippen LogP contribution in [0.15, 0.2) is 0 Å². The second-order valence-corrected chi connectivity index (χ2v) is 8.48. The van der Waals surface area contributed by atoms with E-state index in [-0.39, 0.29) is 23.5 Å². The maximum Gasteiger partial charge on any atom is 0.223 e. The molecule has 5 nitrogen and oxygen atoms in total. The molecule has 1 amide bonds. The van der Waals surface area contributed by atoms with Gasteiger partial charge in [0.25, 0.3) is 0 Å². The monoisotopic (exact) mass is 302 g/mol. The van der Waals surface area contributed by atoms with Gasteiger partial charge in [-0.3, -0.25) is 4.79 Å². The lowest BCUT2D eigenvalue weighted by Crippen LogP contribution is -2.47. The minimum Gasteiger partial charge on any atom is -0.345 e. The fourth-order valence-electron chi connectivity index (χ4n) is 3.22. The molecule has 1 aliphatic heterocycles. The van der Waals surface area contributed by atoms with E-state index in [1.807, 2.05) is 7.05 Å². The van der Waals surface area contributed by atoms with Crippen LogP contribution in [0.1, 0.15) is 38.5 Å². The molecule has 0 bridgehead atoms. The lowest BCUT2D eigenvalue weighted by atomic mass is 9.89. The number of carbonyl (C=O) groups excluding carboxylic acids is 1. The van der Waals surface area contributed by atoms with E-state index in [9.17, 15) is 13.2 Å². The van der Waals surface area contributed by atoms with Gasteiger partial charge in [-0.05, 0) is 18.8 Å². The number of sulfone groups is 1. The molecule has 0 aromatic carbocycles. The second kappa shape index (κ2) is 6.89. The third-order valence-corrected chi connectivity index (χ3v) is 6.14. The first-order chi connectivity index (χ1) is 9.46. The molecule has 1 saturated heterocycles. The molecule has 1 heterocycles. The molecular formula is C14H26N2O3S. The summed E-state index contributed by atoms with van der Waals surface area (Å²) in [5, 5.41) is 3.14. The van der Waals surface area contributed by atoms with Gasteiger partial charge in [-0.15, -0.1) is 0 Å². The van der Waals surface area contributed by atoms with Crippen LogP contribution in [-0.4, -0.2) is 56.9 Å². The van der Waals surface area contributed by atoms with E-state index in [2.05, 4.69) is 5.32 Å². The number of nitrogens with zero attached hydrogens (tertiary/aromatic N) is 1. The van der Waals surface area contributed by atoms with Crippen LogP contribution in [0.3, 0.4) is 0 Å². The van der Waals surface area contributed by atoms with Gasteiger partial charge in [-0.25, -0.2) is 8.42 Å². The van der Waals surface area contributed by atoms with E-state index in [1.54, 1.807) is 4.90 Å². The molecule has 6 heteroatoms. The first kappa shape index (κ1) is 15.8. The molecule has 0 radical (unpaired) electrons. The summed E-state index contributed by atoms with van der Waals surface area (Å²) in [6.07, 6.45) is 6.59. The van der Waals surface area contributed by atoms with Gasteiger partial charge in [-0.1, -0.05) is 19.3 Å². The number of hydrogen-bond acceptors (Lipinski definition) is 4. The number of rotatable bonds is 4. The van der Waals surface area contributed by atoms with E-state index in [4.69, 9.17) is 0 Å². The van der Waals surface area contributed by atoms with Crippen molar-refractivity contribution in [2.45, 2.75) is 44.6 Å². The van der Waals surface area contributed by atoms with Crippen LogP contribution in [-0.2, 0) is 14.6 Å². The number of nitrogens with one attached hydrogen (secondary N) is 1. The van der Waals surface area contributed by atoms with Crippen LogP contribution >= 0.6 is 0 Å². The predicted octanol–water partition coefficient (Wildman–Crippen LogP) is 0.802. The fourth-order valence-corrected chi connectivity index (χ4v) is 4.67. The Morgan fingerprint density at radius 2 is 1.95 bits per heavy atom. The van der Waals surface area contributed by atoms with Crippen molar-refractivity contribution in [3.05, 3.63) is 0 Å². The minimum atomic E-state index is -2.96. The first-order valence-corrected chi connectivity index (χ1v) is 9.46. The third kappa shape index (κ3) is 4.74. The van der Waals surface area contributed by atoms with E-state index in [1.165, 1.54) is 32.1 Å². The Morgan fingerprint density at radius 1 is 1.25 bits per heavy atom. The zero-order chi connectivity index (χ0) is 14.6. The molecular weight excluding hydrogens is 276 g/mol. The summed E-state index contributed by atoms with van der Waals surface area (Å²) in [6, 6.07) is -0.213. The van der Waals surface area contributed by atoms with Crippen molar-refractivity contribution in [2.75, 3.05) is 31.6 Å². The Bertz CT molecular complexity index is 430. The Hall–Kier alpha value is -0.620. The molecule has 1 unspecified atom stereocenters. The standard InChI is InChI=1S/C14H26N2O3S/c1-16(10-12-5-3-2-4-6-12)14(17)9-13-11-20(18,19)8-7-15-13/h12-13,15H,2-11H2,1H3. The summed E-state index contributed by atoms with van der Waals surface area (Å²) in [7, 11) is -1.12. The van der Waals surface area contributed by atoms with Gasteiger partial charge in [0, 0.05) is 32.6 Å². The van der Waals surface area contributed by atoms with Gasteiger partial charge in [-0.2, -0.15) is 0 Å². The highest BCUT2D eigenvalue weighted by molar-refractivity contribution is 7.91. The van der Waals surface area contributed by atoms with Gasteiger partial charge in [0.15, 0.2) is 9.84 Å². The average molecular weight is 302 g/mol. The van der Waals surface area contributed by atoms with Gasteiger partial charge >= 0.3 is 0 Å². The summed E-state index contributed by atoms with van der Waals surface area (Å²) in [6.45, 7) is 1.28. The zero-order valence-electron chi connectivity index (χ0n) is 12.3. The molecule has 2 aliphatic rings. The third-order valence-electron chi connectivity index (χ3n) is 4.40. The van der Waals surface area contributed by atoms with E-state index < -0.39 is 9.84 Å². The summed E-state index contributed by atoms with van der Waals surface area (Å²) in [5.41, 5.74) is 0. The molecule has 1 atom stereocenters. The van der Waals surface area contributed by atoms with Crippen LogP contribution in [0, 0.1) is 5.92 Å². The Labute approximate surface area is 122 Å². The van der Waals surface area contributed by atoms with Crippen LogP contribution in [0.2, 0.25) is 0 Å². The predicted molar refractivity (Wildman–Crippen MR) is 79.3 cm³/mol. The van der Waals surface area contributed by atoms with E-state index >= 15 is 0 Å². The first-order valence-electron chi connectivity index (χ1n) is 7.64. The minimum absolute atomic E-state index is 0.0603. The van der Waals surface area contributed by atoms with Crippen molar-refractivity contribution in [1.82, 2.24) is 10.2 Å². The smallest absolute Gasteiger partial charge is 0.223 e. The molecule has 0 aromatic rings. The van der Waals surface area contributed by atoms with Crippen molar-refractivity contribution in [3.63, 3.8) is 0 Å². The number of hydrogen-bond donors (Lipinski definition) is 1. The molecule has 2 rings (SSSR count). The van der Waals surface area contributed by atoms with Gasteiger partial charge in [0.1, 0.15) is 0 Å². The SMILES string of the molecule is CN(CC1CCCCC1)C(=O)CC1CS(=O)(=O)CCN1. The number of amides is 1. The second-order valence-electron chi connectivity index (χ2n) is 6.25. The quantitative estimate of drug-likeness (QED) is 0.834. The van der Waals surface area contributed by atoms with Gasteiger partial charge in [0.05, 0.1) is 11.5 Å². The van der Waals surface area contributed by atoms with Crippen molar-refractivity contribution in [2.24, 2.45) is 5.92 Å². The van der Waals surface area contributed by atoms with Crippen molar-refractivity contribution in [3.8, 4) is 0 Å². The maximum absolute atomic E-state index is 12.2. The largest absolute Gasteiger partial charge is 0.345 e. The summed E-state index contributed by atoms with van der Waals surface area (Å²) >= 11 is 0. The maximum atomic E-state index is 12.2. The Kier molecular flexibility index (Phi) is 5.43. The Balaban J connectivity index is 1.78. The van der Waals surface area contributed by atoms with Gasteiger partial charge in [0.2, 0.25) is 5.91 Å². The van der Waals surface area contributed by atoms with Crippen molar-refractivity contribution in [1.29, 1.82) is 0 Å². The highest BCUT2D eigenvalue weighted by Crippen LogP contribution is 2.24. The molecule has 1 N–H and O–H groups in total. The average Bonchev–Trinajstić information content (AvgIpc) is 2.38. The van der Waals surface area contributed by atoms with Gasteiger partial charge < -0.3 is 10.2 Å². The normalized spacial score (nSPS) is 27.1. The zero-order valence-corrected chi connectivity index (χ0v) is 13.1.